The van der Waals surface area contributed by atoms with E-state index in [1.807, 2.05) is 6.07 Å². The molecular weight excluding hydrogens is 344 g/mol. The van der Waals surface area contributed by atoms with Gasteiger partial charge in [-0.25, -0.2) is 15.0 Å². The Labute approximate surface area is 158 Å². The number of hydrogen-bond donors (Lipinski definition) is 1. The molecule has 0 unspecified atom stereocenters. The molecule has 2 fully saturated rings. The summed E-state index contributed by atoms with van der Waals surface area (Å²) in [6.07, 6.45) is 2.67. The number of aromatic nitrogens is 3. The lowest BCUT2D eigenvalue weighted by Gasteiger charge is -2.35. The first-order chi connectivity index (χ1) is 13.2. The molecule has 0 saturated carbocycles. The average Bonchev–Trinajstić information content (AvgIpc) is 3.07. The van der Waals surface area contributed by atoms with Crippen molar-refractivity contribution in [1.29, 1.82) is 0 Å². The number of nitrogen functional groups attached to an aromatic ring is 1. The van der Waals surface area contributed by atoms with E-state index in [0.29, 0.717) is 24.3 Å². The smallest absolute Gasteiger partial charge is 0.165 e. The van der Waals surface area contributed by atoms with Crippen LogP contribution in [0.15, 0.2) is 18.3 Å². The molecule has 0 radical (unpaired) electrons. The largest absolute Gasteiger partial charge is 0.384 e. The standard InChI is InChI=1S/C19H24N6O2/c1-12-10-26-6-4-24(12)18-15-8-14-11-27-7-5-25(14)19(15)23-17(22-18)13-2-3-16(20)21-9-13/h2-3,9,12,14H,4-8,10-11H2,1H3,(H2,20,21)/t12-,14-/m0/s1. The number of ether oxygens (including phenoxy) is 2. The minimum absolute atomic E-state index is 0.282. The highest BCUT2D eigenvalue weighted by Crippen LogP contribution is 2.39. The highest BCUT2D eigenvalue weighted by molar-refractivity contribution is 5.70. The van der Waals surface area contributed by atoms with Crippen LogP contribution in [0, 0.1) is 0 Å². The summed E-state index contributed by atoms with van der Waals surface area (Å²) < 4.78 is 11.3. The highest BCUT2D eigenvalue weighted by atomic mass is 16.5. The van der Waals surface area contributed by atoms with Crippen molar-refractivity contribution >= 4 is 17.5 Å². The maximum absolute atomic E-state index is 5.75. The van der Waals surface area contributed by atoms with Gasteiger partial charge in [-0.1, -0.05) is 0 Å². The molecule has 8 heteroatoms. The summed E-state index contributed by atoms with van der Waals surface area (Å²) in [6.45, 7) is 6.81. The SMILES string of the molecule is C[C@H]1COCCN1c1nc(-c2ccc(N)nc2)nc2c1C[C@H]1COCCN21. The van der Waals surface area contributed by atoms with Gasteiger partial charge in [0, 0.05) is 36.8 Å². The second-order valence-electron chi connectivity index (χ2n) is 7.39. The van der Waals surface area contributed by atoms with Gasteiger partial charge in [-0.2, -0.15) is 0 Å². The summed E-state index contributed by atoms with van der Waals surface area (Å²) >= 11 is 0. The van der Waals surface area contributed by atoms with Crippen molar-refractivity contribution < 1.29 is 9.47 Å². The lowest BCUT2D eigenvalue weighted by Crippen LogP contribution is -2.44. The van der Waals surface area contributed by atoms with Crippen LogP contribution in [0.25, 0.3) is 11.4 Å². The van der Waals surface area contributed by atoms with E-state index in [0.717, 1.165) is 56.5 Å². The first-order valence-corrected chi connectivity index (χ1v) is 9.52. The van der Waals surface area contributed by atoms with E-state index in [2.05, 4.69) is 21.7 Å². The zero-order valence-electron chi connectivity index (χ0n) is 15.5. The van der Waals surface area contributed by atoms with Gasteiger partial charge in [0.2, 0.25) is 0 Å². The fourth-order valence-corrected chi connectivity index (χ4v) is 4.17. The monoisotopic (exact) mass is 368 g/mol. The Morgan fingerprint density at radius 1 is 1.04 bits per heavy atom. The number of rotatable bonds is 2. The predicted octanol–water partition coefficient (Wildman–Crippen LogP) is 1.11. The summed E-state index contributed by atoms with van der Waals surface area (Å²) in [5, 5.41) is 0. The molecule has 3 aliphatic rings. The van der Waals surface area contributed by atoms with E-state index < -0.39 is 0 Å². The number of anilines is 3. The molecule has 0 amide bonds. The fourth-order valence-electron chi connectivity index (χ4n) is 4.17. The van der Waals surface area contributed by atoms with Crippen molar-refractivity contribution in [2.45, 2.75) is 25.4 Å². The van der Waals surface area contributed by atoms with Crippen LogP contribution in [0.3, 0.4) is 0 Å². The zero-order valence-corrected chi connectivity index (χ0v) is 15.5. The van der Waals surface area contributed by atoms with E-state index in [1.165, 1.54) is 5.56 Å². The first kappa shape index (κ1) is 16.7. The van der Waals surface area contributed by atoms with Crippen LogP contribution in [0.4, 0.5) is 17.5 Å². The van der Waals surface area contributed by atoms with Crippen LogP contribution in [0.5, 0.6) is 0 Å². The molecule has 0 aromatic carbocycles. The minimum atomic E-state index is 0.282. The first-order valence-electron chi connectivity index (χ1n) is 9.52. The Bertz CT molecular complexity index is 843. The van der Waals surface area contributed by atoms with Crippen LogP contribution in [0.1, 0.15) is 12.5 Å². The van der Waals surface area contributed by atoms with Gasteiger partial charge < -0.3 is 25.0 Å². The van der Waals surface area contributed by atoms with Gasteiger partial charge in [-0.15, -0.1) is 0 Å². The molecule has 8 nitrogen and oxygen atoms in total. The molecule has 2 N–H and O–H groups in total. The van der Waals surface area contributed by atoms with Crippen LogP contribution in [-0.2, 0) is 15.9 Å². The van der Waals surface area contributed by atoms with Crippen molar-refractivity contribution in [1.82, 2.24) is 15.0 Å². The van der Waals surface area contributed by atoms with Crippen molar-refractivity contribution in [3.05, 3.63) is 23.9 Å². The third kappa shape index (κ3) is 2.89. The van der Waals surface area contributed by atoms with E-state index in [9.17, 15) is 0 Å². The van der Waals surface area contributed by atoms with E-state index in [4.69, 9.17) is 25.2 Å². The Balaban J connectivity index is 1.63. The van der Waals surface area contributed by atoms with Gasteiger partial charge in [0.25, 0.3) is 0 Å². The summed E-state index contributed by atoms with van der Waals surface area (Å²) in [5.74, 6) is 3.26. The number of nitrogens with zero attached hydrogens (tertiary/aromatic N) is 5. The van der Waals surface area contributed by atoms with Gasteiger partial charge in [-0.05, 0) is 19.1 Å². The predicted molar refractivity (Wildman–Crippen MR) is 103 cm³/mol. The number of pyridine rings is 1. The number of nitrogens with two attached hydrogens (primary N) is 1. The van der Waals surface area contributed by atoms with Crippen LogP contribution in [0.2, 0.25) is 0 Å². The Morgan fingerprint density at radius 2 is 1.78 bits per heavy atom. The van der Waals surface area contributed by atoms with Crippen molar-refractivity contribution in [3.8, 4) is 11.4 Å². The van der Waals surface area contributed by atoms with Crippen molar-refractivity contribution in [2.75, 3.05) is 55.1 Å². The van der Waals surface area contributed by atoms with Gasteiger partial charge >= 0.3 is 0 Å². The molecule has 2 aromatic heterocycles. The Morgan fingerprint density at radius 3 is 2.52 bits per heavy atom. The lowest BCUT2D eigenvalue weighted by molar-refractivity contribution is 0.0967. The maximum atomic E-state index is 5.75. The summed E-state index contributed by atoms with van der Waals surface area (Å²) in [5.41, 5.74) is 7.86. The minimum Gasteiger partial charge on any atom is -0.384 e. The second-order valence-corrected chi connectivity index (χ2v) is 7.39. The van der Waals surface area contributed by atoms with E-state index >= 15 is 0 Å². The molecular formula is C19H24N6O2. The summed E-state index contributed by atoms with van der Waals surface area (Å²) in [6, 6.07) is 4.35. The third-order valence-electron chi connectivity index (χ3n) is 5.59. The van der Waals surface area contributed by atoms with E-state index in [-0.39, 0.29) is 6.04 Å². The second kappa shape index (κ2) is 6.61. The number of morpholine rings is 2. The molecule has 5 rings (SSSR count). The molecule has 142 valence electrons. The maximum Gasteiger partial charge on any atom is 0.165 e. The lowest BCUT2D eigenvalue weighted by atomic mass is 10.1. The normalized spacial score (nSPS) is 24.6. The molecule has 5 heterocycles. The molecule has 0 bridgehead atoms. The Kier molecular flexibility index (Phi) is 4.09. The number of fused-ring (bicyclic) bond motifs is 3. The third-order valence-corrected chi connectivity index (χ3v) is 5.59. The van der Waals surface area contributed by atoms with Gasteiger partial charge in [0.15, 0.2) is 5.82 Å². The molecule has 3 aliphatic heterocycles. The molecule has 0 aliphatic carbocycles. The molecule has 2 saturated heterocycles. The van der Waals surface area contributed by atoms with Crippen LogP contribution < -0.4 is 15.5 Å². The highest BCUT2D eigenvalue weighted by Gasteiger charge is 2.38. The summed E-state index contributed by atoms with van der Waals surface area (Å²) in [4.78, 5) is 18.9. The van der Waals surface area contributed by atoms with Crippen molar-refractivity contribution in [2.24, 2.45) is 0 Å². The van der Waals surface area contributed by atoms with Gasteiger partial charge in [0.05, 0.1) is 38.5 Å². The number of hydrogen-bond acceptors (Lipinski definition) is 8. The van der Waals surface area contributed by atoms with E-state index in [1.54, 1.807) is 12.3 Å². The summed E-state index contributed by atoms with van der Waals surface area (Å²) in [7, 11) is 0. The molecule has 27 heavy (non-hydrogen) atoms. The van der Waals surface area contributed by atoms with Crippen LogP contribution in [-0.4, -0.2) is 66.6 Å². The molecule has 0 spiro atoms. The molecule has 2 aromatic rings. The van der Waals surface area contributed by atoms with Crippen LogP contribution >= 0.6 is 0 Å². The molecule has 2 atom stereocenters. The van der Waals surface area contributed by atoms with Gasteiger partial charge in [0.1, 0.15) is 17.5 Å². The topological polar surface area (TPSA) is 89.6 Å². The average molecular weight is 368 g/mol. The zero-order chi connectivity index (χ0) is 18.4. The van der Waals surface area contributed by atoms with Crippen molar-refractivity contribution in [3.63, 3.8) is 0 Å². The van der Waals surface area contributed by atoms with Gasteiger partial charge in [-0.3, -0.25) is 0 Å². The Hall–Kier alpha value is -2.45. The fraction of sp³-hybridized carbons (Fsp3) is 0.526. The quantitative estimate of drug-likeness (QED) is 0.843.